The number of rotatable bonds is 10. The Morgan fingerprint density at radius 2 is 1.51 bits per heavy atom. The number of carbonyl (C=O) groups excluding carboxylic acids is 2. The lowest BCUT2D eigenvalue weighted by Crippen LogP contribution is -2.52. The average molecular weight is 534 g/mol. The number of carbonyl (C=O) groups is 2. The van der Waals surface area contributed by atoms with Crippen molar-refractivity contribution in [3.05, 3.63) is 65.2 Å². The number of benzene rings is 2. The van der Waals surface area contributed by atoms with Gasteiger partial charge in [0.15, 0.2) is 5.78 Å². The maximum absolute atomic E-state index is 14.0. The fourth-order valence-electron chi connectivity index (χ4n) is 6.02. The molecule has 4 rings (SSSR count). The number of amides is 1. The van der Waals surface area contributed by atoms with Crippen LogP contribution < -0.4 is 10.2 Å². The first kappa shape index (κ1) is 29.2. The summed E-state index contributed by atoms with van der Waals surface area (Å²) in [4.78, 5) is 36.0. The molecule has 2 saturated heterocycles. The lowest BCUT2D eigenvalue weighted by atomic mass is 9.80. The fraction of sp³-hybridized carbons (Fsp3) is 0.562. The zero-order valence-corrected chi connectivity index (χ0v) is 24.6. The van der Waals surface area contributed by atoms with Gasteiger partial charge in [0.05, 0.1) is 11.5 Å². The van der Waals surface area contributed by atoms with Gasteiger partial charge in [-0.05, 0) is 75.8 Å². The zero-order chi connectivity index (χ0) is 28.0. The minimum atomic E-state index is -0.640. The Kier molecular flexibility index (Phi) is 9.81. The highest BCUT2D eigenvalue weighted by Gasteiger charge is 2.39. The second kappa shape index (κ2) is 13.1. The lowest BCUT2D eigenvalue weighted by molar-refractivity contribution is -0.134. The third kappa shape index (κ3) is 6.53. The molecule has 2 fully saturated rings. The maximum atomic E-state index is 14.0. The first-order valence-electron chi connectivity index (χ1n) is 14.7. The van der Waals surface area contributed by atoms with E-state index in [1.807, 2.05) is 38.1 Å². The summed E-state index contributed by atoms with van der Waals surface area (Å²) in [5, 5.41) is 3.39. The Morgan fingerprint density at radius 1 is 0.897 bits per heavy atom. The summed E-state index contributed by atoms with van der Waals surface area (Å²) in [5.41, 5.74) is 3.42. The van der Waals surface area contributed by atoms with Crippen LogP contribution in [-0.2, 0) is 11.2 Å². The van der Waals surface area contributed by atoms with E-state index in [1.165, 1.54) is 5.69 Å². The van der Waals surface area contributed by atoms with Crippen LogP contribution in [-0.4, -0.2) is 105 Å². The molecule has 0 aliphatic carbocycles. The van der Waals surface area contributed by atoms with Crippen molar-refractivity contribution in [3.8, 4) is 0 Å². The van der Waals surface area contributed by atoms with Gasteiger partial charge in [0.1, 0.15) is 0 Å². The molecule has 2 heterocycles. The summed E-state index contributed by atoms with van der Waals surface area (Å²) < 4.78 is 0. The van der Waals surface area contributed by atoms with Crippen LogP contribution in [0.1, 0.15) is 54.6 Å². The number of nitrogens with one attached hydrogen (secondary N) is 1. The van der Waals surface area contributed by atoms with Gasteiger partial charge in [0, 0.05) is 63.6 Å². The van der Waals surface area contributed by atoms with Gasteiger partial charge in [-0.15, -0.1) is 0 Å². The summed E-state index contributed by atoms with van der Waals surface area (Å²) in [6.45, 7) is 14.8. The van der Waals surface area contributed by atoms with E-state index in [9.17, 15) is 9.59 Å². The van der Waals surface area contributed by atoms with Crippen molar-refractivity contribution in [2.45, 2.75) is 45.1 Å². The van der Waals surface area contributed by atoms with E-state index in [0.717, 1.165) is 75.6 Å². The maximum Gasteiger partial charge on any atom is 0.229 e. The molecular weight excluding hydrogens is 486 g/mol. The largest absolute Gasteiger partial charge is 0.369 e. The zero-order valence-electron chi connectivity index (χ0n) is 24.6. The van der Waals surface area contributed by atoms with E-state index >= 15 is 0 Å². The number of ketones is 1. The number of nitrogens with zero attached hydrogens (tertiary/aromatic N) is 4. The number of Topliss-reactive ketones (excluding diaryl/α,β-unsaturated/α-hetero) is 1. The lowest BCUT2D eigenvalue weighted by Gasteiger charge is -2.38. The second-order valence-electron chi connectivity index (χ2n) is 11.3. The molecule has 1 amide bonds. The van der Waals surface area contributed by atoms with Crippen molar-refractivity contribution in [2.75, 3.05) is 77.9 Å². The summed E-state index contributed by atoms with van der Waals surface area (Å²) in [6.07, 6.45) is 1.33. The minimum Gasteiger partial charge on any atom is -0.369 e. The Balaban J connectivity index is 1.46. The first-order chi connectivity index (χ1) is 18.8. The fourth-order valence-corrected chi connectivity index (χ4v) is 6.02. The third-order valence-corrected chi connectivity index (χ3v) is 8.95. The molecule has 7 nitrogen and oxygen atoms in total. The molecule has 2 unspecified atom stereocenters. The Bertz CT molecular complexity index is 1090. The van der Waals surface area contributed by atoms with Crippen LogP contribution in [0, 0.1) is 0 Å². The van der Waals surface area contributed by atoms with E-state index in [4.69, 9.17) is 0 Å². The first-order valence-corrected chi connectivity index (χ1v) is 14.7. The summed E-state index contributed by atoms with van der Waals surface area (Å²) in [7, 11) is 4.01. The van der Waals surface area contributed by atoms with Crippen LogP contribution in [0.3, 0.4) is 0 Å². The number of hydrogen-bond donors (Lipinski definition) is 1. The predicted octanol–water partition coefficient (Wildman–Crippen LogP) is 3.50. The molecule has 0 aromatic heterocycles. The van der Waals surface area contributed by atoms with Gasteiger partial charge in [0.2, 0.25) is 5.91 Å². The van der Waals surface area contributed by atoms with Crippen molar-refractivity contribution in [1.82, 2.24) is 20.0 Å². The van der Waals surface area contributed by atoms with Gasteiger partial charge in [-0.25, -0.2) is 0 Å². The molecule has 2 aliphatic heterocycles. The highest BCUT2D eigenvalue weighted by Crippen LogP contribution is 2.30. The summed E-state index contributed by atoms with van der Waals surface area (Å²) in [6, 6.07) is 16.5. The molecule has 2 atom stereocenters. The average Bonchev–Trinajstić information content (AvgIpc) is 2.99. The van der Waals surface area contributed by atoms with Crippen LogP contribution in [0.4, 0.5) is 5.69 Å². The molecule has 212 valence electrons. The highest BCUT2D eigenvalue weighted by atomic mass is 16.2. The molecule has 2 aromatic carbocycles. The van der Waals surface area contributed by atoms with Crippen LogP contribution >= 0.6 is 0 Å². The summed E-state index contributed by atoms with van der Waals surface area (Å²) in [5.74, 6) is 0.183. The Labute approximate surface area is 235 Å². The standard InChI is InChI=1S/C32H47N5O2/c1-6-32(34(4)5,30(38)28-12-14-29(15-13-28)36-18-16-33-17-19-36)24-26-8-10-27(11-9-26)25(3)31(39)37-22-20-35(7-2)21-23-37/h8-15,25,33H,6-7,16-24H2,1-5H3. The molecule has 2 aromatic rings. The Morgan fingerprint density at radius 3 is 2.05 bits per heavy atom. The molecule has 0 saturated carbocycles. The summed E-state index contributed by atoms with van der Waals surface area (Å²) >= 11 is 0. The molecule has 0 spiro atoms. The smallest absolute Gasteiger partial charge is 0.229 e. The van der Waals surface area contributed by atoms with Crippen molar-refractivity contribution in [2.24, 2.45) is 0 Å². The van der Waals surface area contributed by atoms with E-state index in [2.05, 4.69) is 70.3 Å². The highest BCUT2D eigenvalue weighted by molar-refractivity contribution is 6.03. The van der Waals surface area contributed by atoms with Crippen molar-refractivity contribution in [3.63, 3.8) is 0 Å². The molecule has 1 N–H and O–H groups in total. The SMILES string of the molecule is CCN1CCN(C(=O)C(C)c2ccc(CC(CC)(C(=O)c3ccc(N4CCNCC4)cc3)N(C)C)cc2)CC1. The third-order valence-electron chi connectivity index (χ3n) is 8.95. The van der Waals surface area contributed by atoms with Crippen LogP contribution in [0.2, 0.25) is 0 Å². The van der Waals surface area contributed by atoms with Crippen LogP contribution in [0.25, 0.3) is 0 Å². The molecule has 0 radical (unpaired) electrons. The topological polar surface area (TPSA) is 59.1 Å². The molecule has 2 aliphatic rings. The van der Waals surface area contributed by atoms with E-state index in [0.29, 0.717) is 12.8 Å². The van der Waals surface area contributed by atoms with Crippen molar-refractivity contribution in [1.29, 1.82) is 0 Å². The van der Waals surface area contributed by atoms with Crippen molar-refractivity contribution < 1.29 is 9.59 Å². The monoisotopic (exact) mass is 533 g/mol. The molecular formula is C32H47N5O2. The van der Waals surface area contributed by atoms with Gasteiger partial charge in [-0.3, -0.25) is 14.5 Å². The number of anilines is 1. The van der Waals surface area contributed by atoms with Gasteiger partial charge >= 0.3 is 0 Å². The molecule has 39 heavy (non-hydrogen) atoms. The van der Waals surface area contributed by atoms with Gasteiger partial charge in [-0.1, -0.05) is 38.1 Å². The van der Waals surface area contributed by atoms with Gasteiger partial charge in [0.25, 0.3) is 0 Å². The van der Waals surface area contributed by atoms with E-state index < -0.39 is 5.54 Å². The van der Waals surface area contributed by atoms with Crippen LogP contribution in [0.15, 0.2) is 48.5 Å². The number of piperazine rings is 2. The minimum absolute atomic E-state index is 0.153. The van der Waals surface area contributed by atoms with Crippen LogP contribution in [0.5, 0.6) is 0 Å². The number of hydrogen-bond acceptors (Lipinski definition) is 6. The van der Waals surface area contributed by atoms with Gasteiger partial charge < -0.3 is 20.0 Å². The Hall–Kier alpha value is -2.74. The molecule has 7 heteroatoms. The number of likely N-dealkylation sites (N-methyl/N-ethyl adjacent to an activating group) is 2. The predicted molar refractivity (Wildman–Crippen MR) is 160 cm³/mol. The van der Waals surface area contributed by atoms with E-state index in [-0.39, 0.29) is 17.6 Å². The normalized spacial score (nSPS) is 19.1. The van der Waals surface area contributed by atoms with E-state index in [1.54, 1.807) is 0 Å². The molecule has 0 bridgehead atoms. The second-order valence-corrected chi connectivity index (χ2v) is 11.3. The van der Waals surface area contributed by atoms with Gasteiger partial charge in [-0.2, -0.15) is 0 Å². The van der Waals surface area contributed by atoms with Crippen molar-refractivity contribution >= 4 is 17.4 Å². The quantitative estimate of drug-likeness (QED) is 0.472.